The van der Waals surface area contributed by atoms with Crippen LogP contribution in [-0.2, 0) is 4.79 Å². The standard InChI is InChI=1S/C27H24ClF2N5O2.C7H12FN/c1-5-20(36)35-12-11-19(14(35)2)34(3)26-17-13-31-24(23(30)25(17)32-27(33-26)37-4)16-8-6-7-15-9-10-18(29)22(28)21(15)16;8-6-4-7-2-1-3-9(7)5-6/h5-10,13-14,19H,1,11-12H2,2-4H3;6-7H,1-5H2/t14-,19-;/m1./s1. The lowest BCUT2D eigenvalue weighted by Gasteiger charge is -2.31. The molecule has 4 aromatic rings. The molecule has 3 aliphatic rings. The number of rotatable bonds is 5. The van der Waals surface area contributed by atoms with Crippen LogP contribution in [0.25, 0.3) is 32.9 Å². The van der Waals surface area contributed by atoms with E-state index < -0.39 is 17.8 Å². The van der Waals surface area contributed by atoms with Gasteiger partial charge in [-0.25, -0.2) is 13.2 Å². The number of carbonyl (C=O) groups excluding carboxylic acids is 1. The van der Waals surface area contributed by atoms with Gasteiger partial charge >= 0.3 is 6.01 Å². The highest BCUT2D eigenvalue weighted by molar-refractivity contribution is 6.36. The number of nitrogens with zero attached hydrogens (tertiary/aromatic N) is 6. The Balaban J connectivity index is 0.000000352. The van der Waals surface area contributed by atoms with Gasteiger partial charge in [0.1, 0.15) is 29.0 Å². The van der Waals surface area contributed by atoms with Crippen molar-refractivity contribution < 1.29 is 22.7 Å². The van der Waals surface area contributed by atoms with Crippen LogP contribution in [0.3, 0.4) is 0 Å². The lowest BCUT2D eigenvalue weighted by molar-refractivity contribution is -0.126. The van der Waals surface area contributed by atoms with Gasteiger partial charge in [0.15, 0.2) is 5.82 Å². The summed E-state index contributed by atoms with van der Waals surface area (Å²) in [6, 6.07) is 8.37. The van der Waals surface area contributed by atoms with Crippen LogP contribution in [-0.4, -0.2) is 88.7 Å². The molecule has 3 fully saturated rings. The summed E-state index contributed by atoms with van der Waals surface area (Å²) in [7, 11) is 3.24. The summed E-state index contributed by atoms with van der Waals surface area (Å²) in [6.07, 6.45) is 6.30. The van der Waals surface area contributed by atoms with Crippen molar-refractivity contribution in [3.05, 3.63) is 65.8 Å². The number of hydrogen-bond acceptors (Lipinski definition) is 7. The highest BCUT2D eigenvalue weighted by Gasteiger charge is 2.37. The van der Waals surface area contributed by atoms with Crippen molar-refractivity contribution in [3.8, 4) is 17.3 Å². The average Bonchev–Trinajstić information content (AvgIpc) is 3.76. The van der Waals surface area contributed by atoms with Crippen LogP contribution >= 0.6 is 11.6 Å². The van der Waals surface area contributed by atoms with Gasteiger partial charge in [-0.2, -0.15) is 9.97 Å². The van der Waals surface area contributed by atoms with Gasteiger partial charge in [0.25, 0.3) is 0 Å². The highest BCUT2D eigenvalue weighted by atomic mass is 35.5. The lowest BCUT2D eigenvalue weighted by atomic mass is 10.0. The molecule has 0 saturated carbocycles. The van der Waals surface area contributed by atoms with E-state index in [-0.39, 0.29) is 40.2 Å². The van der Waals surface area contributed by atoms with Gasteiger partial charge in [-0.3, -0.25) is 14.7 Å². The van der Waals surface area contributed by atoms with Gasteiger partial charge in [-0.15, -0.1) is 0 Å². The molecule has 2 aromatic heterocycles. The summed E-state index contributed by atoms with van der Waals surface area (Å²) in [5.41, 5.74) is 0.335. The molecule has 0 bridgehead atoms. The molecule has 2 aromatic carbocycles. The molecule has 8 nitrogen and oxygen atoms in total. The number of hydrogen-bond donors (Lipinski definition) is 0. The Labute approximate surface area is 270 Å². The number of aromatic nitrogens is 3. The minimum Gasteiger partial charge on any atom is -0.467 e. The van der Waals surface area contributed by atoms with Crippen molar-refractivity contribution in [3.63, 3.8) is 0 Å². The second-order valence-corrected chi connectivity index (χ2v) is 12.4. The van der Waals surface area contributed by atoms with Gasteiger partial charge in [-0.1, -0.05) is 42.4 Å². The number of halogens is 4. The number of likely N-dealkylation sites (N-methyl/N-ethyl adjacent to an activating group) is 1. The number of pyridine rings is 1. The summed E-state index contributed by atoms with van der Waals surface area (Å²) in [6.45, 7) is 7.96. The van der Waals surface area contributed by atoms with Gasteiger partial charge < -0.3 is 14.5 Å². The second-order valence-electron chi connectivity index (χ2n) is 12.0. The number of likely N-dealkylation sites (tertiary alicyclic amines) is 1. The van der Waals surface area contributed by atoms with E-state index >= 15 is 4.39 Å². The number of benzene rings is 2. The van der Waals surface area contributed by atoms with Gasteiger partial charge in [0.2, 0.25) is 5.91 Å². The molecule has 7 rings (SSSR count). The first-order chi connectivity index (χ1) is 22.1. The van der Waals surface area contributed by atoms with Crippen LogP contribution in [0.4, 0.5) is 19.0 Å². The first-order valence-electron chi connectivity index (χ1n) is 15.4. The normalized spacial score (nSPS) is 22.5. The molecular weight excluding hydrogens is 617 g/mol. The monoisotopic (exact) mass is 652 g/mol. The third kappa shape index (κ3) is 5.75. The summed E-state index contributed by atoms with van der Waals surface area (Å²) < 4.78 is 48.3. The Kier molecular flexibility index (Phi) is 9.07. The topological polar surface area (TPSA) is 74.7 Å². The van der Waals surface area contributed by atoms with E-state index in [0.29, 0.717) is 53.1 Å². The molecule has 0 aliphatic carbocycles. The first-order valence-corrected chi connectivity index (χ1v) is 15.8. The Morgan fingerprint density at radius 3 is 2.72 bits per heavy atom. The molecule has 4 atom stereocenters. The summed E-state index contributed by atoms with van der Waals surface area (Å²) >= 11 is 6.29. The third-order valence-electron chi connectivity index (χ3n) is 9.48. The maximum atomic E-state index is 16.1. The van der Waals surface area contributed by atoms with Crippen molar-refractivity contribution in [1.29, 1.82) is 0 Å². The molecule has 3 aliphatic heterocycles. The maximum Gasteiger partial charge on any atom is 0.318 e. The number of fused-ring (bicyclic) bond motifs is 3. The predicted octanol–water partition coefficient (Wildman–Crippen LogP) is 6.59. The van der Waals surface area contributed by atoms with E-state index in [0.717, 1.165) is 13.0 Å². The molecular formula is C34H36ClF3N6O2. The summed E-state index contributed by atoms with van der Waals surface area (Å²) in [5, 5.41) is 1.28. The fraction of sp³-hybridized carbons (Fsp3) is 0.412. The van der Waals surface area contributed by atoms with E-state index in [9.17, 15) is 13.6 Å². The van der Waals surface area contributed by atoms with Crippen molar-refractivity contribution in [2.75, 3.05) is 38.7 Å². The number of alkyl halides is 1. The molecule has 0 spiro atoms. The number of anilines is 1. The average molecular weight is 653 g/mol. The maximum absolute atomic E-state index is 16.1. The number of methoxy groups -OCH3 is 1. The van der Waals surface area contributed by atoms with E-state index in [4.69, 9.17) is 16.3 Å². The summed E-state index contributed by atoms with van der Waals surface area (Å²) in [4.78, 5) is 31.4. The highest BCUT2D eigenvalue weighted by Crippen LogP contribution is 2.39. The first kappa shape index (κ1) is 32.0. The van der Waals surface area contributed by atoms with Crippen molar-refractivity contribution in [2.24, 2.45) is 0 Å². The van der Waals surface area contributed by atoms with E-state index in [1.807, 2.05) is 18.9 Å². The fourth-order valence-corrected chi connectivity index (χ4v) is 7.40. The van der Waals surface area contributed by atoms with E-state index in [1.165, 1.54) is 38.3 Å². The van der Waals surface area contributed by atoms with Crippen LogP contribution in [0.1, 0.15) is 32.6 Å². The zero-order chi connectivity index (χ0) is 32.7. The van der Waals surface area contributed by atoms with E-state index in [1.54, 1.807) is 29.2 Å². The Morgan fingerprint density at radius 1 is 1.17 bits per heavy atom. The molecule has 1 amide bonds. The van der Waals surface area contributed by atoms with Gasteiger partial charge in [0, 0.05) is 49.4 Å². The van der Waals surface area contributed by atoms with Gasteiger partial charge in [0.05, 0.1) is 23.6 Å². The third-order valence-corrected chi connectivity index (χ3v) is 9.85. The number of ether oxygens (including phenoxy) is 1. The number of amides is 1. The van der Waals surface area contributed by atoms with Crippen molar-refractivity contribution in [1.82, 2.24) is 24.8 Å². The minimum atomic E-state index is -0.705. The molecule has 2 unspecified atom stereocenters. The van der Waals surface area contributed by atoms with Crippen molar-refractivity contribution in [2.45, 2.75) is 56.9 Å². The van der Waals surface area contributed by atoms with Crippen LogP contribution in [0.5, 0.6) is 6.01 Å². The molecule has 3 saturated heterocycles. The Morgan fingerprint density at radius 2 is 1.98 bits per heavy atom. The molecule has 0 radical (unpaired) electrons. The molecule has 0 N–H and O–H groups in total. The SMILES string of the molecule is C=CC(=O)N1CC[C@@H](N(C)c2nc(OC)nc3c(F)c(-c4cccc5ccc(F)c(Cl)c45)ncc23)[C@H]1C.FC1CC2CCCN2C1. The van der Waals surface area contributed by atoms with E-state index in [2.05, 4.69) is 26.4 Å². The van der Waals surface area contributed by atoms with Crippen LogP contribution in [0.2, 0.25) is 5.02 Å². The molecule has 46 heavy (non-hydrogen) atoms. The largest absolute Gasteiger partial charge is 0.467 e. The Hall–Kier alpha value is -3.96. The fourth-order valence-electron chi connectivity index (χ4n) is 7.13. The van der Waals surface area contributed by atoms with Gasteiger partial charge in [-0.05, 0) is 56.7 Å². The minimum absolute atomic E-state index is 0.00732. The zero-order valence-electron chi connectivity index (χ0n) is 26.0. The predicted molar refractivity (Wildman–Crippen MR) is 174 cm³/mol. The smallest absolute Gasteiger partial charge is 0.318 e. The van der Waals surface area contributed by atoms with Crippen LogP contribution < -0.4 is 9.64 Å². The molecule has 5 heterocycles. The lowest BCUT2D eigenvalue weighted by Crippen LogP contribution is -2.43. The van der Waals surface area contributed by atoms with Crippen LogP contribution in [0, 0.1) is 11.6 Å². The summed E-state index contributed by atoms with van der Waals surface area (Å²) in [5.74, 6) is -1.03. The molecule has 242 valence electrons. The zero-order valence-corrected chi connectivity index (χ0v) is 26.8. The van der Waals surface area contributed by atoms with Crippen molar-refractivity contribution >= 4 is 45.0 Å². The number of carbonyl (C=O) groups is 1. The Bertz CT molecular complexity index is 1800. The quantitative estimate of drug-likeness (QED) is 0.225. The van der Waals surface area contributed by atoms with Crippen LogP contribution in [0.15, 0.2) is 49.2 Å². The molecule has 12 heteroatoms. The second kappa shape index (κ2) is 13.0.